The smallest absolute Gasteiger partial charge is 0.160 e. The van der Waals surface area contributed by atoms with Gasteiger partial charge >= 0.3 is 0 Å². The molecule has 312 valence electrons. The van der Waals surface area contributed by atoms with Gasteiger partial charge in [-0.25, -0.2) is 0 Å². The molecule has 0 unspecified atom stereocenters. The fourth-order valence-corrected chi connectivity index (χ4v) is 13.0. The van der Waals surface area contributed by atoms with Crippen LogP contribution >= 0.6 is 0 Å². The van der Waals surface area contributed by atoms with Crippen LogP contribution in [0.4, 0.5) is 17.1 Å². The van der Waals surface area contributed by atoms with Gasteiger partial charge in [0.25, 0.3) is 0 Å². The quantitative estimate of drug-likeness (QED) is 0.161. The van der Waals surface area contributed by atoms with E-state index in [1.54, 1.807) is 0 Å². The van der Waals surface area contributed by atoms with E-state index >= 15 is 0 Å². The van der Waals surface area contributed by atoms with E-state index in [-0.39, 0.29) is 0 Å². The van der Waals surface area contributed by atoms with Crippen LogP contribution in [0.3, 0.4) is 0 Å². The van der Waals surface area contributed by atoms with Crippen molar-refractivity contribution >= 4 is 84.8 Å². The molecule has 0 fully saturated rings. The van der Waals surface area contributed by atoms with Gasteiger partial charge in [0.05, 0.1) is 30.2 Å². The molecule has 14 rings (SSSR count). The lowest BCUT2D eigenvalue weighted by molar-refractivity contribution is 0.668. The Morgan fingerprint density at radius 3 is 1.79 bits per heavy atom. The summed E-state index contributed by atoms with van der Waals surface area (Å²) in [7, 11) is -1.62. The molecular weight excluding hydrogens is 817 g/mol. The molecular formula is C62H44N2OSi. The number of fused-ring (bicyclic) bond motifs is 18. The molecule has 2 heterocycles. The second kappa shape index (κ2) is 13.6. The van der Waals surface area contributed by atoms with Gasteiger partial charge in [-0.2, -0.15) is 0 Å². The summed E-state index contributed by atoms with van der Waals surface area (Å²) < 4.78 is 9.69. The molecule has 0 radical (unpaired) electrons. The van der Waals surface area contributed by atoms with E-state index in [1.807, 2.05) is 0 Å². The maximum absolute atomic E-state index is 7.25. The van der Waals surface area contributed by atoms with E-state index in [4.69, 9.17) is 4.42 Å². The number of hydrogen-bond donors (Lipinski definition) is 0. The minimum absolute atomic E-state index is 0.541. The highest BCUT2D eigenvalue weighted by atomic mass is 28.3. The summed E-state index contributed by atoms with van der Waals surface area (Å²) in [6.07, 6.45) is 0. The average Bonchev–Trinajstić information content (AvgIpc) is 4.08. The number of furan rings is 1. The Kier molecular flexibility index (Phi) is 7.69. The molecule has 0 saturated heterocycles. The SMILES string of the molecule is C[Si](C)(C)c1ccc(N(c2ccc3c4ccccc4n(-c4ccc5ccccc5c4)c3c2)c2cc3c(c4c2oc2ccccc24)-c2ccccc2C32c3ccccc3-c3ccccc32)cc1. The third kappa shape index (κ3) is 5.02. The molecule has 3 nitrogen and oxygen atoms in total. The summed E-state index contributed by atoms with van der Waals surface area (Å²) in [5.74, 6) is 0. The Balaban J connectivity index is 1.12. The first kappa shape index (κ1) is 37.5. The van der Waals surface area contributed by atoms with Gasteiger partial charge in [-0.1, -0.05) is 183 Å². The Morgan fingerprint density at radius 2 is 1.05 bits per heavy atom. The van der Waals surface area contributed by atoms with Crippen LogP contribution in [0.15, 0.2) is 217 Å². The number of nitrogens with zero attached hydrogens (tertiary/aromatic N) is 2. The molecule has 0 atom stereocenters. The molecule has 2 aliphatic carbocycles. The summed E-state index contributed by atoms with van der Waals surface area (Å²) in [6, 6.07) is 79.2. The summed E-state index contributed by atoms with van der Waals surface area (Å²) in [6.45, 7) is 7.27. The van der Waals surface area contributed by atoms with Gasteiger partial charge < -0.3 is 13.9 Å². The Labute approximate surface area is 384 Å². The predicted molar refractivity (Wildman–Crippen MR) is 280 cm³/mol. The number of para-hydroxylation sites is 2. The molecule has 0 saturated carbocycles. The van der Waals surface area contributed by atoms with Crippen LogP contribution in [-0.2, 0) is 5.41 Å². The Bertz CT molecular complexity index is 3950. The van der Waals surface area contributed by atoms with Crippen LogP contribution < -0.4 is 10.1 Å². The zero-order chi connectivity index (χ0) is 43.9. The zero-order valence-electron chi connectivity index (χ0n) is 37.0. The van der Waals surface area contributed by atoms with Gasteiger partial charge in [-0.15, -0.1) is 0 Å². The van der Waals surface area contributed by atoms with Crippen molar-refractivity contribution in [2.75, 3.05) is 4.90 Å². The predicted octanol–water partition coefficient (Wildman–Crippen LogP) is 16.2. The first-order chi connectivity index (χ1) is 32.4. The normalized spacial score (nSPS) is 13.5. The van der Waals surface area contributed by atoms with Crippen LogP contribution in [0, 0.1) is 0 Å². The van der Waals surface area contributed by atoms with Crippen LogP contribution in [0.1, 0.15) is 22.3 Å². The van der Waals surface area contributed by atoms with E-state index in [0.717, 1.165) is 50.2 Å². The van der Waals surface area contributed by atoms with Crippen molar-refractivity contribution in [3.63, 3.8) is 0 Å². The number of anilines is 3. The van der Waals surface area contributed by atoms with Crippen molar-refractivity contribution in [2.24, 2.45) is 0 Å². The third-order valence-corrected chi connectivity index (χ3v) is 16.8. The van der Waals surface area contributed by atoms with Gasteiger partial charge in [0.2, 0.25) is 0 Å². The van der Waals surface area contributed by atoms with Gasteiger partial charge in [0, 0.05) is 38.6 Å². The number of hydrogen-bond acceptors (Lipinski definition) is 2. The van der Waals surface area contributed by atoms with E-state index in [2.05, 4.69) is 241 Å². The lowest BCUT2D eigenvalue weighted by atomic mass is 9.70. The van der Waals surface area contributed by atoms with Crippen LogP contribution in [0.5, 0.6) is 0 Å². The van der Waals surface area contributed by atoms with E-state index in [1.165, 1.54) is 76.8 Å². The Hall–Kier alpha value is -7.92. The maximum atomic E-state index is 7.25. The topological polar surface area (TPSA) is 21.3 Å². The molecule has 2 aromatic heterocycles. The molecule has 66 heavy (non-hydrogen) atoms. The molecule has 12 aromatic rings. The second-order valence-electron chi connectivity index (χ2n) is 19.2. The third-order valence-electron chi connectivity index (χ3n) is 14.7. The first-order valence-electron chi connectivity index (χ1n) is 23.1. The Morgan fingerprint density at radius 1 is 0.455 bits per heavy atom. The highest BCUT2D eigenvalue weighted by Gasteiger charge is 2.52. The van der Waals surface area contributed by atoms with Gasteiger partial charge in [0.1, 0.15) is 5.58 Å². The summed E-state index contributed by atoms with van der Waals surface area (Å²) >= 11 is 0. The van der Waals surface area contributed by atoms with E-state index in [0.29, 0.717) is 0 Å². The molecule has 0 bridgehead atoms. The highest BCUT2D eigenvalue weighted by molar-refractivity contribution is 6.88. The number of benzene rings is 10. The lowest BCUT2D eigenvalue weighted by Crippen LogP contribution is -2.37. The first-order valence-corrected chi connectivity index (χ1v) is 26.6. The molecule has 1 spiro atoms. The minimum atomic E-state index is -1.62. The van der Waals surface area contributed by atoms with Crippen molar-refractivity contribution in [2.45, 2.75) is 25.1 Å². The maximum Gasteiger partial charge on any atom is 0.160 e. The van der Waals surface area contributed by atoms with E-state index in [9.17, 15) is 0 Å². The lowest BCUT2D eigenvalue weighted by Gasteiger charge is -2.32. The standard InChI is InChI=1S/C62H44N2OSi/c1-66(2,3)44-33-30-41(31-34-44)63(43-32-35-48-47-20-9-14-26-55(47)64(56(48)37-43)42-29-28-39-16-4-5-17-40(39)36-42)57-38-54-59(60-50-22-10-15-27-58(50)65-61(57)60)49-21-8-13-25-53(49)62(54)51-23-11-6-18-45(51)46-19-7-12-24-52(46)62/h4-38H,1-3H3. The number of rotatable bonds is 5. The molecule has 10 aromatic carbocycles. The van der Waals surface area contributed by atoms with Crippen LogP contribution in [0.2, 0.25) is 19.6 Å². The fraction of sp³-hybridized carbons (Fsp3) is 0.0645. The van der Waals surface area contributed by atoms with E-state index < -0.39 is 13.5 Å². The zero-order valence-corrected chi connectivity index (χ0v) is 38.0. The van der Waals surface area contributed by atoms with Crippen molar-refractivity contribution in [1.82, 2.24) is 4.57 Å². The van der Waals surface area contributed by atoms with Crippen molar-refractivity contribution < 1.29 is 4.42 Å². The van der Waals surface area contributed by atoms with Gasteiger partial charge in [-0.05, 0) is 110 Å². The van der Waals surface area contributed by atoms with Crippen LogP contribution in [-0.4, -0.2) is 12.6 Å². The summed E-state index contributed by atoms with van der Waals surface area (Å²) in [5.41, 5.74) is 18.2. The van der Waals surface area contributed by atoms with Crippen LogP contribution in [0.25, 0.3) is 82.5 Å². The second-order valence-corrected chi connectivity index (χ2v) is 24.3. The fourth-order valence-electron chi connectivity index (χ4n) is 11.8. The molecule has 0 amide bonds. The number of aromatic nitrogens is 1. The van der Waals surface area contributed by atoms with Crippen molar-refractivity contribution in [3.8, 4) is 27.9 Å². The summed E-state index contributed by atoms with van der Waals surface area (Å²) in [5, 5.41) is 8.60. The molecule has 2 aliphatic rings. The molecule has 4 heteroatoms. The van der Waals surface area contributed by atoms with Crippen molar-refractivity contribution in [1.29, 1.82) is 0 Å². The minimum Gasteiger partial charge on any atom is -0.454 e. The monoisotopic (exact) mass is 860 g/mol. The molecule has 0 aliphatic heterocycles. The van der Waals surface area contributed by atoms with Crippen molar-refractivity contribution in [3.05, 3.63) is 235 Å². The van der Waals surface area contributed by atoms with Gasteiger partial charge in [-0.3, -0.25) is 0 Å². The average molecular weight is 861 g/mol. The molecule has 0 N–H and O–H groups in total. The highest BCUT2D eigenvalue weighted by Crippen LogP contribution is 2.65. The van der Waals surface area contributed by atoms with Gasteiger partial charge in [0.15, 0.2) is 5.58 Å². The largest absolute Gasteiger partial charge is 0.454 e. The summed E-state index contributed by atoms with van der Waals surface area (Å²) in [4.78, 5) is 2.48.